The highest BCUT2D eigenvalue weighted by Gasteiger charge is 2.19. The Bertz CT molecular complexity index is 585. The van der Waals surface area contributed by atoms with Gasteiger partial charge in [0.1, 0.15) is 0 Å². The van der Waals surface area contributed by atoms with Gasteiger partial charge in [-0.3, -0.25) is 0 Å². The fourth-order valence-corrected chi connectivity index (χ4v) is 2.34. The van der Waals surface area contributed by atoms with Crippen LogP contribution in [0.4, 0.5) is 5.69 Å². The van der Waals surface area contributed by atoms with Gasteiger partial charge in [-0.25, -0.2) is 4.98 Å². The molecule has 0 aliphatic heterocycles. The van der Waals surface area contributed by atoms with E-state index in [0.29, 0.717) is 6.61 Å². The Morgan fingerprint density at radius 2 is 2.00 bits per heavy atom. The third-order valence-corrected chi connectivity index (χ3v) is 3.26. The number of ether oxygens (including phenoxy) is 1. The van der Waals surface area contributed by atoms with Gasteiger partial charge in [0.25, 0.3) is 0 Å². The number of benzene rings is 1. The summed E-state index contributed by atoms with van der Waals surface area (Å²) in [7, 11) is 3.63. The van der Waals surface area contributed by atoms with Gasteiger partial charge in [-0.1, -0.05) is 39.0 Å². The summed E-state index contributed by atoms with van der Waals surface area (Å²) in [6.45, 7) is 7.17. The number of hydrogen-bond acceptors (Lipinski definition) is 3. The molecule has 1 aromatic heterocycles. The highest BCUT2D eigenvalue weighted by Crippen LogP contribution is 2.32. The molecule has 2 aromatic rings. The number of fused-ring (bicyclic) bond motifs is 1. The molecule has 19 heavy (non-hydrogen) atoms. The third kappa shape index (κ3) is 2.71. The molecule has 0 aliphatic rings. The van der Waals surface area contributed by atoms with E-state index in [0.717, 1.165) is 22.3 Å². The molecule has 0 unspecified atom stereocenters. The first-order chi connectivity index (χ1) is 8.97. The number of rotatable bonds is 3. The molecule has 0 saturated carbocycles. The zero-order valence-corrected chi connectivity index (χ0v) is 12.4. The van der Waals surface area contributed by atoms with Crippen LogP contribution in [0.2, 0.25) is 0 Å². The molecule has 0 atom stereocenters. The Morgan fingerprint density at radius 3 is 2.58 bits per heavy atom. The SMILES string of the molecule is CNc1cc(COC)nc2c(C(C)(C)C)cccc12. The molecule has 1 N–H and O–H groups in total. The van der Waals surface area contributed by atoms with E-state index in [4.69, 9.17) is 9.72 Å². The first kappa shape index (κ1) is 13.8. The molecule has 0 amide bonds. The van der Waals surface area contributed by atoms with Gasteiger partial charge in [0, 0.05) is 25.2 Å². The summed E-state index contributed by atoms with van der Waals surface area (Å²) in [6.07, 6.45) is 0. The van der Waals surface area contributed by atoms with E-state index in [1.807, 2.05) is 7.05 Å². The smallest absolute Gasteiger partial charge is 0.0885 e. The second-order valence-corrected chi connectivity index (χ2v) is 5.80. The molecule has 0 spiro atoms. The van der Waals surface area contributed by atoms with E-state index in [1.54, 1.807) is 7.11 Å². The van der Waals surface area contributed by atoms with E-state index in [9.17, 15) is 0 Å². The average Bonchev–Trinajstić information content (AvgIpc) is 2.36. The molecule has 1 aromatic carbocycles. The minimum Gasteiger partial charge on any atom is -0.388 e. The maximum atomic E-state index is 5.21. The predicted octanol–water partition coefficient (Wildman–Crippen LogP) is 3.72. The predicted molar refractivity (Wildman–Crippen MR) is 80.7 cm³/mol. The van der Waals surface area contributed by atoms with Crippen LogP contribution in [0.1, 0.15) is 32.0 Å². The molecule has 0 bridgehead atoms. The molecular formula is C16H22N2O. The summed E-state index contributed by atoms with van der Waals surface area (Å²) in [5.41, 5.74) is 4.45. The van der Waals surface area contributed by atoms with Crippen molar-refractivity contribution < 1.29 is 4.74 Å². The molecule has 3 nitrogen and oxygen atoms in total. The van der Waals surface area contributed by atoms with E-state index >= 15 is 0 Å². The Morgan fingerprint density at radius 1 is 1.26 bits per heavy atom. The number of aromatic nitrogens is 1. The lowest BCUT2D eigenvalue weighted by Crippen LogP contribution is -2.13. The second-order valence-electron chi connectivity index (χ2n) is 5.80. The topological polar surface area (TPSA) is 34.1 Å². The van der Waals surface area contributed by atoms with Crippen LogP contribution in [0, 0.1) is 0 Å². The van der Waals surface area contributed by atoms with Crippen molar-refractivity contribution in [3.05, 3.63) is 35.5 Å². The number of anilines is 1. The quantitative estimate of drug-likeness (QED) is 0.911. The van der Waals surface area contributed by atoms with E-state index in [2.05, 4.69) is 50.4 Å². The third-order valence-electron chi connectivity index (χ3n) is 3.26. The van der Waals surface area contributed by atoms with Gasteiger partial charge in [0.05, 0.1) is 17.8 Å². The zero-order chi connectivity index (χ0) is 14.0. The molecule has 102 valence electrons. The standard InChI is InChI=1S/C16H22N2O/c1-16(2,3)13-8-6-7-12-14(17-4)9-11(10-19-5)18-15(12)13/h6-9H,10H2,1-5H3,(H,17,18). The summed E-state index contributed by atoms with van der Waals surface area (Å²) in [4.78, 5) is 4.77. The molecule has 2 rings (SSSR count). The molecule has 0 fully saturated rings. The maximum Gasteiger partial charge on any atom is 0.0885 e. The van der Waals surface area contributed by atoms with Crippen LogP contribution in [0.3, 0.4) is 0 Å². The van der Waals surface area contributed by atoms with Crippen molar-refractivity contribution in [2.45, 2.75) is 32.8 Å². The van der Waals surface area contributed by atoms with Gasteiger partial charge in [-0.15, -0.1) is 0 Å². The molecule has 3 heteroatoms. The van der Waals surface area contributed by atoms with Gasteiger partial charge < -0.3 is 10.1 Å². The van der Waals surface area contributed by atoms with Crippen LogP contribution in [0.5, 0.6) is 0 Å². The summed E-state index contributed by atoms with van der Waals surface area (Å²) >= 11 is 0. The molecule has 0 saturated heterocycles. The van der Waals surface area contributed by atoms with Crippen LogP contribution in [-0.2, 0) is 16.8 Å². The average molecular weight is 258 g/mol. The van der Waals surface area contributed by atoms with E-state index < -0.39 is 0 Å². The number of methoxy groups -OCH3 is 1. The maximum absolute atomic E-state index is 5.21. The van der Waals surface area contributed by atoms with Gasteiger partial charge in [-0.2, -0.15) is 0 Å². The molecule has 0 radical (unpaired) electrons. The van der Waals surface area contributed by atoms with Crippen molar-refractivity contribution >= 4 is 16.6 Å². The number of nitrogens with zero attached hydrogens (tertiary/aromatic N) is 1. The lowest BCUT2D eigenvalue weighted by Gasteiger charge is -2.22. The number of pyridine rings is 1. The summed E-state index contributed by atoms with van der Waals surface area (Å²) < 4.78 is 5.21. The van der Waals surface area contributed by atoms with Gasteiger partial charge >= 0.3 is 0 Å². The Hall–Kier alpha value is -1.61. The number of nitrogens with one attached hydrogen (secondary N) is 1. The largest absolute Gasteiger partial charge is 0.388 e. The summed E-state index contributed by atoms with van der Waals surface area (Å²) in [5.74, 6) is 0. The fourth-order valence-electron chi connectivity index (χ4n) is 2.34. The number of hydrogen-bond donors (Lipinski definition) is 1. The van der Waals surface area contributed by atoms with Crippen molar-refractivity contribution in [2.75, 3.05) is 19.5 Å². The Kier molecular flexibility index (Phi) is 3.76. The fraction of sp³-hybridized carbons (Fsp3) is 0.438. The minimum atomic E-state index is 0.0726. The van der Waals surface area contributed by atoms with Crippen LogP contribution >= 0.6 is 0 Å². The van der Waals surface area contributed by atoms with E-state index in [-0.39, 0.29) is 5.41 Å². The first-order valence-corrected chi connectivity index (χ1v) is 6.57. The molecular weight excluding hydrogens is 236 g/mol. The van der Waals surface area contributed by atoms with Crippen molar-refractivity contribution in [3.63, 3.8) is 0 Å². The monoisotopic (exact) mass is 258 g/mol. The van der Waals surface area contributed by atoms with Crippen LogP contribution in [-0.4, -0.2) is 19.1 Å². The summed E-state index contributed by atoms with van der Waals surface area (Å²) in [6, 6.07) is 8.42. The molecule has 0 aliphatic carbocycles. The van der Waals surface area contributed by atoms with E-state index in [1.165, 1.54) is 5.56 Å². The van der Waals surface area contributed by atoms with Gasteiger partial charge in [0.15, 0.2) is 0 Å². The normalized spacial score (nSPS) is 11.8. The first-order valence-electron chi connectivity index (χ1n) is 6.57. The minimum absolute atomic E-state index is 0.0726. The highest BCUT2D eigenvalue weighted by molar-refractivity contribution is 5.93. The van der Waals surface area contributed by atoms with Crippen molar-refractivity contribution in [1.29, 1.82) is 0 Å². The lowest BCUT2D eigenvalue weighted by molar-refractivity contribution is 0.182. The Labute approximate surface area is 115 Å². The van der Waals surface area contributed by atoms with Crippen LogP contribution in [0.25, 0.3) is 10.9 Å². The summed E-state index contributed by atoms with van der Waals surface area (Å²) in [5, 5.41) is 4.41. The molecule has 1 heterocycles. The van der Waals surface area contributed by atoms with Crippen molar-refractivity contribution in [3.8, 4) is 0 Å². The second kappa shape index (κ2) is 5.17. The van der Waals surface area contributed by atoms with Crippen molar-refractivity contribution in [1.82, 2.24) is 4.98 Å². The highest BCUT2D eigenvalue weighted by atomic mass is 16.5. The lowest BCUT2D eigenvalue weighted by atomic mass is 9.85. The Balaban J connectivity index is 2.76. The van der Waals surface area contributed by atoms with Crippen LogP contribution < -0.4 is 5.32 Å². The van der Waals surface area contributed by atoms with Crippen molar-refractivity contribution in [2.24, 2.45) is 0 Å². The van der Waals surface area contributed by atoms with Gasteiger partial charge in [0.2, 0.25) is 0 Å². The number of para-hydroxylation sites is 1. The van der Waals surface area contributed by atoms with Gasteiger partial charge in [-0.05, 0) is 17.0 Å². The van der Waals surface area contributed by atoms with Crippen LogP contribution in [0.15, 0.2) is 24.3 Å². The zero-order valence-electron chi connectivity index (χ0n) is 12.4.